The molecule has 1 aliphatic rings. The highest BCUT2D eigenvalue weighted by atomic mass is 19.1. The standard InChI is InChI=1S/C21H19F3N2O3/c1-21(2,20(28)25-16-10-14(23)8-9-15(16)24)26-12-29-17(11-22)18(19(26)27)13-6-4-3-5-7-13/h3-10H,11-12H2,1-2H3,(H,25,28). The van der Waals surface area contributed by atoms with Crippen molar-refractivity contribution in [3.05, 3.63) is 71.5 Å². The Labute approximate surface area is 165 Å². The minimum Gasteiger partial charge on any atom is -0.474 e. The van der Waals surface area contributed by atoms with Crippen molar-refractivity contribution in [2.24, 2.45) is 0 Å². The van der Waals surface area contributed by atoms with Crippen molar-refractivity contribution in [3.63, 3.8) is 0 Å². The fraction of sp³-hybridized carbons (Fsp3) is 0.238. The number of alkyl halides is 1. The van der Waals surface area contributed by atoms with E-state index >= 15 is 0 Å². The van der Waals surface area contributed by atoms with Crippen LogP contribution in [0.3, 0.4) is 0 Å². The number of allylic oxidation sites excluding steroid dienone is 1. The summed E-state index contributed by atoms with van der Waals surface area (Å²) in [5.74, 6) is -3.02. The predicted molar refractivity (Wildman–Crippen MR) is 101 cm³/mol. The molecule has 0 fully saturated rings. The van der Waals surface area contributed by atoms with Crippen LogP contribution >= 0.6 is 0 Å². The number of carbonyl (C=O) groups excluding carboxylic acids is 2. The second kappa shape index (κ2) is 7.98. The molecule has 0 aromatic heterocycles. The number of halogens is 3. The zero-order chi connectivity index (χ0) is 21.2. The summed E-state index contributed by atoms with van der Waals surface area (Å²) in [6, 6.07) is 11.0. The molecule has 1 aliphatic heterocycles. The minimum absolute atomic E-state index is 0.0113. The van der Waals surface area contributed by atoms with Crippen molar-refractivity contribution < 1.29 is 27.5 Å². The normalized spacial score (nSPS) is 14.7. The monoisotopic (exact) mass is 404 g/mol. The second-order valence-electron chi connectivity index (χ2n) is 6.94. The van der Waals surface area contributed by atoms with E-state index in [-0.39, 0.29) is 23.8 Å². The van der Waals surface area contributed by atoms with Gasteiger partial charge in [-0.15, -0.1) is 0 Å². The van der Waals surface area contributed by atoms with Gasteiger partial charge in [-0.1, -0.05) is 30.3 Å². The minimum atomic E-state index is -1.50. The molecule has 2 aromatic rings. The van der Waals surface area contributed by atoms with Crippen LogP contribution in [0.1, 0.15) is 19.4 Å². The summed E-state index contributed by atoms with van der Waals surface area (Å²) >= 11 is 0. The molecule has 0 saturated carbocycles. The second-order valence-corrected chi connectivity index (χ2v) is 6.94. The summed E-state index contributed by atoms with van der Waals surface area (Å²) in [6.45, 7) is 1.53. The first-order valence-corrected chi connectivity index (χ1v) is 8.81. The quantitative estimate of drug-likeness (QED) is 0.823. The molecule has 0 saturated heterocycles. The van der Waals surface area contributed by atoms with Crippen molar-refractivity contribution >= 4 is 23.1 Å². The number of ether oxygens (including phenoxy) is 1. The Morgan fingerprint density at radius 2 is 1.86 bits per heavy atom. The maximum atomic E-state index is 13.9. The van der Waals surface area contributed by atoms with Crippen LogP contribution in [0.4, 0.5) is 18.9 Å². The maximum Gasteiger partial charge on any atom is 0.261 e. The Morgan fingerprint density at radius 1 is 1.17 bits per heavy atom. The van der Waals surface area contributed by atoms with E-state index in [0.29, 0.717) is 5.56 Å². The van der Waals surface area contributed by atoms with Crippen LogP contribution in [0.2, 0.25) is 0 Å². The van der Waals surface area contributed by atoms with E-state index in [9.17, 15) is 22.8 Å². The van der Waals surface area contributed by atoms with Gasteiger partial charge in [-0.05, 0) is 31.5 Å². The SMILES string of the molecule is CC(C)(C(=O)Nc1cc(F)ccc1F)N1COC(CF)=C(c2ccccc2)C1=O. The summed E-state index contributed by atoms with van der Waals surface area (Å²) in [4.78, 5) is 27.0. The van der Waals surface area contributed by atoms with Gasteiger partial charge in [-0.25, -0.2) is 13.2 Å². The maximum absolute atomic E-state index is 13.9. The van der Waals surface area contributed by atoms with Gasteiger partial charge < -0.3 is 10.1 Å². The molecule has 3 rings (SSSR count). The highest BCUT2D eigenvalue weighted by molar-refractivity contribution is 6.22. The third kappa shape index (κ3) is 3.96. The third-order valence-electron chi connectivity index (χ3n) is 4.70. The lowest BCUT2D eigenvalue weighted by molar-refractivity contribution is -0.147. The average Bonchev–Trinajstić information content (AvgIpc) is 2.70. The molecule has 152 valence electrons. The summed E-state index contributed by atoms with van der Waals surface area (Å²) in [5.41, 5.74) is -1.39. The summed E-state index contributed by atoms with van der Waals surface area (Å²) in [6.07, 6.45) is 0. The van der Waals surface area contributed by atoms with E-state index in [4.69, 9.17) is 4.74 Å². The molecule has 0 radical (unpaired) electrons. The topological polar surface area (TPSA) is 58.6 Å². The molecule has 0 unspecified atom stereocenters. The first-order valence-electron chi connectivity index (χ1n) is 8.81. The van der Waals surface area contributed by atoms with Gasteiger partial charge >= 0.3 is 0 Å². The van der Waals surface area contributed by atoms with Crippen LogP contribution in [0.25, 0.3) is 5.57 Å². The first kappa shape index (κ1) is 20.4. The van der Waals surface area contributed by atoms with Crippen molar-refractivity contribution in [3.8, 4) is 0 Å². The van der Waals surface area contributed by atoms with Crippen molar-refractivity contribution in [2.75, 3.05) is 18.7 Å². The number of benzene rings is 2. The molecule has 0 bridgehead atoms. The lowest BCUT2D eigenvalue weighted by atomic mass is 9.96. The number of rotatable bonds is 5. The molecule has 29 heavy (non-hydrogen) atoms. The number of anilines is 1. The van der Waals surface area contributed by atoms with Crippen LogP contribution in [0.5, 0.6) is 0 Å². The number of carbonyl (C=O) groups is 2. The Bertz CT molecular complexity index is 974. The number of hydrogen-bond donors (Lipinski definition) is 1. The van der Waals surface area contributed by atoms with Gasteiger partial charge in [0, 0.05) is 6.07 Å². The highest BCUT2D eigenvalue weighted by Gasteiger charge is 2.43. The van der Waals surface area contributed by atoms with Gasteiger partial charge in [-0.3, -0.25) is 14.5 Å². The molecule has 2 aromatic carbocycles. The van der Waals surface area contributed by atoms with Crippen LogP contribution in [0.15, 0.2) is 54.3 Å². The Kier molecular flexibility index (Phi) is 5.63. The number of nitrogens with one attached hydrogen (secondary N) is 1. The number of amides is 2. The van der Waals surface area contributed by atoms with Gasteiger partial charge in [0.1, 0.15) is 29.6 Å². The molecule has 8 heteroatoms. The van der Waals surface area contributed by atoms with Gasteiger partial charge in [0.2, 0.25) is 5.91 Å². The average molecular weight is 404 g/mol. The van der Waals surface area contributed by atoms with E-state index in [1.54, 1.807) is 30.3 Å². The summed E-state index contributed by atoms with van der Waals surface area (Å²) in [7, 11) is 0. The van der Waals surface area contributed by atoms with Crippen LogP contribution in [-0.4, -0.2) is 35.7 Å². The highest BCUT2D eigenvalue weighted by Crippen LogP contribution is 2.31. The van der Waals surface area contributed by atoms with Gasteiger partial charge in [-0.2, -0.15) is 0 Å². The Hall–Kier alpha value is -3.29. The largest absolute Gasteiger partial charge is 0.474 e. The molecular weight excluding hydrogens is 385 g/mol. The van der Waals surface area contributed by atoms with E-state index in [0.717, 1.165) is 23.1 Å². The summed E-state index contributed by atoms with van der Waals surface area (Å²) in [5, 5.41) is 2.30. The molecule has 1 heterocycles. The summed E-state index contributed by atoms with van der Waals surface area (Å²) < 4.78 is 46.1. The van der Waals surface area contributed by atoms with Crippen molar-refractivity contribution in [1.82, 2.24) is 4.90 Å². The first-order chi connectivity index (χ1) is 13.8. The lowest BCUT2D eigenvalue weighted by Crippen LogP contribution is -2.57. The molecule has 2 amide bonds. The van der Waals surface area contributed by atoms with E-state index in [1.807, 2.05) is 0 Å². The van der Waals surface area contributed by atoms with Gasteiger partial charge in [0.15, 0.2) is 6.73 Å². The Morgan fingerprint density at radius 3 is 2.52 bits per heavy atom. The van der Waals surface area contributed by atoms with E-state index < -0.39 is 35.7 Å². The van der Waals surface area contributed by atoms with Gasteiger partial charge in [0.25, 0.3) is 5.91 Å². The Balaban J connectivity index is 1.91. The number of hydrogen-bond acceptors (Lipinski definition) is 3. The van der Waals surface area contributed by atoms with Crippen LogP contribution < -0.4 is 5.32 Å². The predicted octanol–water partition coefficient (Wildman–Crippen LogP) is 3.88. The zero-order valence-electron chi connectivity index (χ0n) is 15.8. The molecule has 0 aliphatic carbocycles. The fourth-order valence-electron chi connectivity index (χ4n) is 2.93. The van der Waals surface area contributed by atoms with Crippen LogP contribution in [0, 0.1) is 11.6 Å². The smallest absolute Gasteiger partial charge is 0.261 e. The molecular formula is C21H19F3N2O3. The van der Waals surface area contributed by atoms with E-state index in [2.05, 4.69) is 5.32 Å². The van der Waals surface area contributed by atoms with Crippen molar-refractivity contribution in [2.45, 2.75) is 19.4 Å². The van der Waals surface area contributed by atoms with Crippen LogP contribution in [-0.2, 0) is 14.3 Å². The van der Waals surface area contributed by atoms with E-state index in [1.165, 1.54) is 13.8 Å². The zero-order valence-corrected chi connectivity index (χ0v) is 15.8. The van der Waals surface area contributed by atoms with Crippen molar-refractivity contribution in [1.29, 1.82) is 0 Å². The fourth-order valence-corrected chi connectivity index (χ4v) is 2.93. The molecule has 5 nitrogen and oxygen atoms in total. The number of nitrogens with zero attached hydrogens (tertiary/aromatic N) is 1. The molecule has 0 atom stereocenters. The van der Waals surface area contributed by atoms with Gasteiger partial charge in [0.05, 0.1) is 11.3 Å². The molecule has 0 spiro atoms. The lowest BCUT2D eigenvalue weighted by Gasteiger charge is -2.40. The molecule has 1 N–H and O–H groups in total. The third-order valence-corrected chi connectivity index (χ3v) is 4.70.